The van der Waals surface area contributed by atoms with E-state index >= 15 is 0 Å². The van der Waals surface area contributed by atoms with Crippen molar-refractivity contribution in [3.63, 3.8) is 0 Å². The highest BCUT2D eigenvalue weighted by molar-refractivity contribution is 5.28. The Morgan fingerprint density at radius 2 is 2.12 bits per heavy atom. The third-order valence-electron chi connectivity index (χ3n) is 2.66. The summed E-state index contributed by atoms with van der Waals surface area (Å²) in [5.41, 5.74) is 1.21. The average Bonchev–Trinajstić information content (AvgIpc) is 2.89. The van der Waals surface area contributed by atoms with E-state index in [-0.39, 0.29) is 6.04 Å². The molecule has 1 heterocycles. The summed E-state index contributed by atoms with van der Waals surface area (Å²) in [6.45, 7) is 2.78. The number of rotatable bonds is 5. The van der Waals surface area contributed by atoms with Crippen LogP contribution in [0.1, 0.15) is 24.4 Å². The van der Waals surface area contributed by atoms with E-state index in [0.29, 0.717) is 6.54 Å². The number of hydrogen-bond acceptors (Lipinski definition) is 4. The molecular weight excluding hydrogens is 216 g/mol. The maximum atomic E-state index is 5.12. The molecule has 2 rings (SSSR count). The summed E-state index contributed by atoms with van der Waals surface area (Å²) in [6.07, 6.45) is 1.51. The summed E-state index contributed by atoms with van der Waals surface area (Å²) >= 11 is 0. The van der Waals surface area contributed by atoms with Gasteiger partial charge in [0, 0.05) is 6.04 Å². The molecule has 2 aromatic rings. The molecule has 5 heteroatoms. The lowest BCUT2D eigenvalue weighted by Crippen LogP contribution is -2.18. The number of nitrogens with one attached hydrogen (secondary N) is 2. The predicted molar refractivity (Wildman–Crippen MR) is 64.6 cm³/mol. The Labute approximate surface area is 100 Å². The van der Waals surface area contributed by atoms with Crippen molar-refractivity contribution in [2.75, 3.05) is 7.11 Å². The van der Waals surface area contributed by atoms with Crippen molar-refractivity contribution < 1.29 is 4.74 Å². The molecule has 0 amide bonds. The van der Waals surface area contributed by atoms with Crippen molar-refractivity contribution in [3.05, 3.63) is 42.0 Å². The fourth-order valence-electron chi connectivity index (χ4n) is 1.58. The van der Waals surface area contributed by atoms with Crippen LogP contribution in [0.25, 0.3) is 0 Å². The minimum Gasteiger partial charge on any atom is -0.497 e. The van der Waals surface area contributed by atoms with Crippen LogP contribution in [0.5, 0.6) is 5.75 Å². The molecule has 2 N–H and O–H groups in total. The molecule has 1 aromatic carbocycles. The van der Waals surface area contributed by atoms with Crippen molar-refractivity contribution >= 4 is 0 Å². The van der Waals surface area contributed by atoms with Gasteiger partial charge in [-0.2, -0.15) is 5.10 Å². The minimum absolute atomic E-state index is 0.256. The first-order chi connectivity index (χ1) is 8.29. The Hall–Kier alpha value is -1.88. The fraction of sp³-hybridized carbons (Fsp3) is 0.333. The molecular formula is C12H16N4O. The smallest absolute Gasteiger partial charge is 0.138 e. The SMILES string of the molecule is COc1ccc(C(C)NCc2ncn[nH]2)cc1. The molecule has 90 valence electrons. The maximum Gasteiger partial charge on any atom is 0.138 e. The van der Waals surface area contributed by atoms with Crippen LogP contribution in [0.2, 0.25) is 0 Å². The van der Waals surface area contributed by atoms with Crippen molar-refractivity contribution in [2.24, 2.45) is 0 Å². The van der Waals surface area contributed by atoms with Gasteiger partial charge in [0.1, 0.15) is 17.9 Å². The Balaban J connectivity index is 1.92. The van der Waals surface area contributed by atoms with E-state index in [4.69, 9.17) is 4.74 Å². The van der Waals surface area contributed by atoms with Gasteiger partial charge in [-0.25, -0.2) is 4.98 Å². The number of ether oxygens (including phenoxy) is 1. The standard InChI is InChI=1S/C12H16N4O/c1-9(13-7-12-14-8-15-16-12)10-3-5-11(17-2)6-4-10/h3-6,8-9,13H,7H2,1-2H3,(H,14,15,16). The maximum absolute atomic E-state index is 5.12. The summed E-state index contributed by atoms with van der Waals surface area (Å²) in [5, 5.41) is 9.99. The van der Waals surface area contributed by atoms with Gasteiger partial charge in [-0.05, 0) is 24.6 Å². The highest BCUT2D eigenvalue weighted by Gasteiger charge is 2.05. The Bertz CT molecular complexity index is 438. The Kier molecular flexibility index (Phi) is 3.72. The topological polar surface area (TPSA) is 62.8 Å². The number of nitrogens with zero attached hydrogens (tertiary/aromatic N) is 2. The molecule has 0 saturated carbocycles. The van der Waals surface area contributed by atoms with E-state index in [1.165, 1.54) is 11.9 Å². The number of H-pyrrole nitrogens is 1. The quantitative estimate of drug-likeness (QED) is 0.823. The van der Waals surface area contributed by atoms with Crippen LogP contribution in [0.15, 0.2) is 30.6 Å². The lowest BCUT2D eigenvalue weighted by atomic mass is 10.1. The van der Waals surface area contributed by atoms with Gasteiger partial charge in [0.25, 0.3) is 0 Å². The van der Waals surface area contributed by atoms with Crippen molar-refractivity contribution in [1.82, 2.24) is 20.5 Å². The monoisotopic (exact) mass is 232 g/mol. The summed E-state index contributed by atoms with van der Waals surface area (Å²) in [7, 11) is 1.67. The van der Waals surface area contributed by atoms with Crippen molar-refractivity contribution in [3.8, 4) is 5.75 Å². The highest BCUT2D eigenvalue weighted by Crippen LogP contribution is 2.17. The average molecular weight is 232 g/mol. The minimum atomic E-state index is 0.256. The lowest BCUT2D eigenvalue weighted by molar-refractivity contribution is 0.414. The number of aromatic nitrogens is 3. The van der Waals surface area contributed by atoms with Crippen molar-refractivity contribution in [1.29, 1.82) is 0 Å². The molecule has 0 aliphatic carbocycles. The molecule has 5 nitrogen and oxygen atoms in total. The zero-order valence-corrected chi connectivity index (χ0v) is 9.97. The summed E-state index contributed by atoms with van der Waals surface area (Å²) < 4.78 is 5.12. The van der Waals surface area contributed by atoms with Crippen molar-refractivity contribution in [2.45, 2.75) is 19.5 Å². The molecule has 1 unspecified atom stereocenters. The number of benzene rings is 1. The molecule has 0 saturated heterocycles. The van der Waals surface area contributed by atoms with Gasteiger partial charge in [0.15, 0.2) is 0 Å². The molecule has 0 fully saturated rings. The van der Waals surface area contributed by atoms with Crippen LogP contribution in [-0.4, -0.2) is 22.3 Å². The molecule has 0 spiro atoms. The first kappa shape index (κ1) is 11.6. The van der Waals surface area contributed by atoms with Crippen LogP contribution < -0.4 is 10.1 Å². The van der Waals surface area contributed by atoms with Crippen LogP contribution in [0.3, 0.4) is 0 Å². The second-order valence-electron chi connectivity index (χ2n) is 3.81. The van der Waals surface area contributed by atoms with Gasteiger partial charge in [0.05, 0.1) is 13.7 Å². The molecule has 1 atom stereocenters. The van der Waals surface area contributed by atoms with Gasteiger partial charge >= 0.3 is 0 Å². The molecule has 1 aromatic heterocycles. The summed E-state index contributed by atoms with van der Waals surface area (Å²) in [5.74, 6) is 1.71. The first-order valence-corrected chi connectivity index (χ1v) is 5.51. The second-order valence-corrected chi connectivity index (χ2v) is 3.81. The van der Waals surface area contributed by atoms with Crippen LogP contribution in [-0.2, 0) is 6.54 Å². The first-order valence-electron chi connectivity index (χ1n) is 5.51. The largest absolute Gasteiger partial charge is 0.497 e. The van der Waals surface area contributed by atoms with Crippen LogP contribution in [0.4, 0.5) is 0 Å². The third kappa shape index (κ3) is 3.04. The lowest BCUT2D eigenvalue weighted by Gasteiger charge is -2.13. The van der Waals surface area contributed by atoms with E-state index in [9.17, 15) is 0 Å². The van der Waals surface area contributed by atoms with Gasteiger partial charge in [0.2, 0.25) is 0 Å². The number of aromatic amines is 1. The van der Waals surface area contributed by atoms with E-state index < -0.39 is 0 Å². The van der Waals surface area contributed by atoms with Crippen LogP contribution >= 0.6 is 0 Å². The fourth-order valence-corrected chi connectivity index (χ4v) is 1.58. The molecule has 0 bridgehead atoms. The highest BCUT2D eigenvalue weighted by atomic mass is 16.5. The van der Waals surface area contributed by atoms with E-state index in [2.05, 4.69) is 39.6 Å². The molecule has 0 aliphatic heterocycles. The Morgan fingerprint density at radius 3 is 2.71 bits per heavy atom. The van der Waals surface area contributed by atoms with E-state index in [1.54, 1.807) is 7.11 Å². The summed E-state index contributed by atoms with van der Waals surface area (Å²) in [6, 6.07) is 8.28. The van der Waals surface area contributed by atoms with Gasteiger partial charge in [-0.15, -0.1) is 0 Å². The van der Waals surface area contributed by atoms with Gasteiger partial charge in [-0.3, -0.25) is 5.10 Å². The Morgan fingerprint density at radius 1 is 1.35 bits per heavy atom. The third-order valence-corrected chi connectivity index (χ3v) is 2.66. The number of hydrogen-bond donors (Lipinski definition) is 2. The second kappa shape index (κ2) is 5.45. The van der Waals surface area contributed by atoms with Crippen LogP contribution in [0, 0.1) is 0 Å². The molecule has 0 radical (unpaired) electrons. The van der Waals surface area contributed by atoms with Gasteiger partial charge < -0.3 is 10.1 Å². The number of methoxy groups -OCH3 is 1. The molecule has 0 aliphatic rings. The summed E-state index contributed by atoms with van der Waals surface area (Å²) in [4.78, 5) is 4.06. The normalized spacial score (nSPS) is 12.4. The van der Waals surface area contributed by atoms with Gasteiger partial charge in [-0.1, -0.05) is 12.1 Å². The van der Waals surface area contributed by atoms with E-state index in [0.717, 1.165) is 11.6 Å². The predicted octanol–water partition coefficient (Wildman–Crippen LogP) is 1.66. The van der Waals surface area contributed by atoms with E-state index in [1.807, 2.05) is 12.1 Å². The zero-order valence-electron chi connectivity index (χ0n) is 9.97. The zero-order chi connectivity index (χ0) is 12.1. The molecule has 17 heavy (non-hydrogen) atoms.